The molecular weight excluding hydrogens is 122 g/mol. The zero-order valence-electron chi connectivity index (χ0n) is 7.56. The first-order valence-corrected chi connectivity index (χ1v) is 4.46. The van der Waals surface area contributed by atoms with Crippen LogP contribution in [0.1, 0.15) is 46.5 Å². The summed E-state index contributed by atoms with van der Waals surface area (Å²) >= 11 is 0. The van der Waals surface area contributed by atoms with Crippen LogP contribution in [0.15, 0.2) is 0 Å². The normalized spacial score (nSPS) is 16.8. The van der Waals surface area contributed by atoms with E-state index in [1.54, 1.807) is 0 Å². The first-order valence-electron chi connectivity index (χ1n) is 4.46. The van der Waals surface area contributed by atoms with Crippen molar-refractivity contribution in [2.75, 3.05) is 0 Å². The average molecular weight is 143 g/mol. The smallest absolute Gasteiger partial charge is 0.00131 e. The summed E-state index contributed by atoms with van der Waals surface area (Å²) in [6.07, 6.45) is 5.13. The van der Waals surface area contributed by atoms with E-state index < -0.39 is 0 Å². The SMILES string of the molecule is CCCC(CC)C[C@@H](C)N. The van der Waals surface area contributed by atoms with E-state index in [0.29, 0.717) is 6.04 Å². The topological polar surface area (TPSA) is 26.0 Å². The molecule has 2 N–H and O–H groups in total. The van der Waals surface area contributed by atoms with Crippen molar-refractivity contribution in [2.24, 2.45) is 11.7 Å². The molecule has 0 saturated heterocycles. The summed E-state index contributed by atoms with van der Waals surface area (Å²) in [4.78, 5) is 0. The van der Waals surface area contributed by atoms with Crippen LogP contribution in [-0.4, -0.2) is 6.04 Å². The average Bonchev–Trinajstić information content (AvgIpc) is 1.86. The Kier molecular flexibility index (Phi) is 5.70. The van der Waals surface area contributed by atoms with Crippen LogP contribution >= 0.6 is 0 Å². The summed E-state index contributed by atoms with van der Waals surface area (Å²) in [7, 11) is 0. The van der Waals surface area contributed by atoms with Crippen molar-refractivity contribution in [1.82, 2.24) is 0 Å². The summed E-state index contributed by atoms with van der Waals surface area (Å²) in [5.74, 6) is 0.866. The summed E-state index contributed by atoms with van der Waals surface area (Å²) < 4.78 is 0. The van der Waals surface area contributed by atoms with Crippen molar-refractivity contribution in [3.8, 4) is 0 Å². The standard InChI is InChI=1S/C9H21N/c1-4-6-9(5-2)7-8(3)10/h8-9H,4-7,10H2,1-3H3/t8-,9?/m1/s1. The van der Waals surface area contributed by atoms with Crippen LogP contribution < -0.4 is 5.73 Å². The van der Waals surface area contributed by atoms with Crippen molar-refractivity contribution < 1.29 is 0 Å². The van der Waals surface area contributed by atoms with Crippen LogP contribution in [0.3, 0.4) is 0 Å². The molecule has 0 saturated carbocycles. The minimum atomic E-state index is 0.386. The second kappa shape index (κ2) is 5.72. The van der Waals surface area contributed by atoms with Crippen molar-refractivity contribution in [3.63, 3.8) is 0 Å². The highest BCUT2D eigenvalue weighted by Gasteiger charge is 2.06. The molecule has 0 spiro atoms. The fourth-order valence-corrected chi connectivity index (χ4v) is 1.42. The molecule has 0 amide bonds. The summed E-state index contributed by atoms with van der Waals surface area (Å²) in [6, 6.07) is 0.386. The van der Waals surface area contributed by atoms with E-state index in [0.717, 1.165) is 5.92 Å². The molecule has 0 heterocycles. The molecule has 0 aromatic carbocycles. The molecule has 0 aromatic rings. The molecule has 2 atom stereocenters. The van der Waals surface area contributed by atoms with Crippen LogP contribution in [-0.2, 0) is 0 Å². The molecule has 0 radical (unpaired) electrons. The third kappa shape index (κ3) is 4.80. The van der Waals surface area contributed by atoms with Crippen molar-refractivity contribution in [2.45, 2.75) is 52.5 Å². The zero-order chi connectivity index (χ0) is 7.98. The minimum Gasteiger partial charge on any atom is -0.328 e. The fourth-order valence-electron chi connectivity index (χ4n) is 1.42. The fraction of sp³-hybridized carbons (Fsp3) is 1.00. The Balaban J connectivity index is 3.39. The highest BCUT2D eigenvalue weighted by atomic mass is 14.6. The van der Waals surface area contributed by atoms with Gasteiger partial charge in [-0.25, -0.2) is 0 Å². The maximum Gasteiger partial charge on any atom is 0.00131 e. The van der Waals surface area contributed by atoms with Gasteiger partial charge in [0.05, 0.1) is 0 Å². The Bertz CT molecular complexity index is 69.1. The predicted octanol–water partition coefficient (Wildman–Crippen LogP) is 2.55. The Morgan fingerprint density at radius 1 is 1.30 bits per heavy atom. The largest absolute Gasteiger partial charge is 0.328 e. The number of hydrogen-bond donors (Lipinski definition) is 1. The quantitative estimate of drug-likeness (QED) is 0.629. The van der Waals surface area contributed by atoms with Gasteiger partial charge in [-0.2, -0.15) is 0 Å². The summed E-state index contributed by atoms with van der Waals surface area (Å²) in [6.45, 7) is 6.59. The summed E-state index contributed by atoms with van der Waals surface area (Å²) in [5.41, 5.74) is 5.70. The molecule has 1 unspecified atom stereocenters. The van der Waals surface area contributed by atoms with Gasteiger partial charge in [0.2, 0.25) is 0 Å². The Morgan fingerprint density at radius 2 is 1.90 bits per heavy atom. The van der Waals surface area contributed by atoms with Gasteiger partial charge in [0.25, 0.3) is 0 Å². The van der Waals surface area contributed by atoms with E-state index in [4.69, 9.17) is 5.73 Å². The number of hydrogen-bond acceptors (Lipinski definition) is 1. The van der Waals surface area contributed by atoms with E-state index in [-0.39, 0.29) is 0 Å². The van der Waals surface area contributed by atoms with Gasteiger partial charge in [0, 0.05) is 6.04 Å². The third-order valence-corrected chi connectivity index (χ3v) is 1.98. The van der Waals surface area contributed by atoms with E-state index in [1.807, 2.05) is 0 Å². The van der Waals surface area contributed by atoms with Crippen LogP contribution in [0.5, 0.6) is 0 Å². The van der Waals surface area contributed by atoms with Gasteiger partial charge in [-0.15, -0.1) is 0 Å². The lowest BCUT2D eigenvalue weighted by molar-refractivity contribution is 0.402. The van der Waals surface area contributed by atoms with E-state index in [9.17, 15) is 0 Å². The van der Waals surface area contributed by atoms with Gasteiger partial charge in [0.1, 0.15) is 0 Å². The molecule has 1 nitrogen and oxygen atoms in total. The Hall–Kier alpha value is -0.0400. The van der Waals surface area contributed by atoms with E-state index >= 15 is 0 Å². The lowest BCUT2D eigenvalue weighted by atomic mass is 9.94. The van der Waals surface area contributed by atoms with Crippen molar-refractivity contribution in [3.05, 3.63) is 0 Å². The maximum atomic E-state index is 5.70. The molecule has 0 rings (SSSR count). The molecular formula is C9H21N. The first-order chi connectivity index (χ1) is 4.70. The Labute approximate surface area is 65.0 Å². The molecule has 1 heteroatoms. The minimum absolute atomic E-state index is 0.386. The monoisotopic (exact) mass is 143 g/mol. The molecule has 0 aromatic heterocycles. The van der Waals surface area contributed by atoms with E-state index in [2.05, 4.69) is 20.8 Å². The maximum absolute atomic E-state index is 5.70. The zero-order valence-corrected chi connectivity index (χ0v) is 7.56. The second-order valence-electron chi connectivity index (χ2n) is 3.28. The van der Waals surface area contributed by atoms with Gasteiger partial charge in [0.15, 0.2) is 0 Å². The van der Waals surface area contributed by atoms with Gasteiger partial charge in [-0.05, 0) is 19.3 Å². The highest BCUT2D eigenvalue weighted by molar-refractivity contribution is 4.62. The van der Waals surface area contributed by atoms with Crippen LogP contribution in [0.4, 0.5) is 0 Å². The highest BCUT2D eigenvalue weighted by Crippen LogP contribution is 2.15. The van der Waals surface area contributed by atoms with Gasteiger partial charge >= 0.3 is 0 Å². The van der Waals surface area contributed by atoms with Crippen LogP contribution in [0, 0.1) is 5.92 Å². The Morgan fingerprint density at radius 3 is 2.20 bits per heavy atom. The van der Waals surface area contributed by atoms with Crippen LogP contribution in [0.2, 0.25) is 0 Å². The summed E-state index contributed by atoms with van der Waals surface area (Å²) in [5, 5.41) is 0. The number of nitrogens with two attached hydrogens (primary N) is 1. The third-order valence-electron chi connectivity index (χ3n) is 1.98. The lowest BCUT2D eigenvalue weighted by Crippen LogP contribution is -2.19. The molecule has 0 aliphatic heterocycles. The van der Waals surface area contributed by atoms with E-state index in [1.165, 1.54) is 25.7 Å². The molecule has 0 bridgehead atoms. The molecule has 62 valence electrons. The van der Waals surface area contributed by atoms with Crippen molar-refractivity contribution in [1.29, 1.82) is 0 Å². The molecule has 0 aliphatic carbocycles. The predicted molar refractivity (Wildman–Crippen MR) is 47.0 cm³/mol. The number of rotatable bonds is 5. The second-order valence-corrected chi connectivity index (χ2v) is 3.28. The van der Waals surface area contributed by atoms with Gasteiger partial charge in [-0.1, -0.05) is 33.1 Å². The van der Waals surface area contributed by atoms with Crippen LogP contribution in [0.25, 0.3) is 0 Å². The molecule has 0 aliphatic rings. The lowest BCUT2D eigenvalue weighted by Gasteiger charge is -2.15. The van der Waals surface area contributed by atoms with Gasteiger partial charge < -0.3 is 5.73 Å². The van der Waals surface area contributed by atoms with Gasteiger partial charge in [-0.3, -0.25) is 0 Å². The van der Waals surface area contributed by atoms with Crippen molar-refractivity contribution >= 4 is 0 Å². The molecule has 0 fully saturated rings. The molecule has 10 heavy (non-hydrogen) atoms. The first kappa shape index (κ1) is 9.96.